The number of carbonyl (C=O) groups is 1. The lowest BCUT2D eigenvalue weighted by Crippen LogP contribution is -2.14. The van der Waals surface area contributed by atoms with E-state index in [9.17, 15) is 15.2 Å². The van der Waals surface area contributed by atoms with Crippen LogP contribution in [0.1, 0.15) is 11.1 Å². The molecule has 0 saturated heterocycles. The molecule has 0 heterocycles. The molecule has 0 bridgehead atoms. The molecule has 0 unspecified atom stereocenters. The number of phenols is 1. The van der Waals surface area contributed by atoms with Gasteiger partial charge in [-0.15, -0.1) is 0 Å². The molecule has 4 nitrogen and oxygen atoms in total. The highest BCUT2D eigenvalue weighted by atomic mass is 35.5. The van der Waals surface area contributed by atoms with E-state index in [0.29, 0.717) is 16.3 Å². The number of benzene rings is 2. The molecule has 0 aliphatic heterocycles. The first-order valence-electron chi connectivity index (χ1n) is 6.69. The fraction of sp³-hybridized carbons (Fsp3) is 0.0588. The molecule has 0 saturated carbocycles. The van der Waals surface area contributed by atoms with E-state index in [-0.39, 0.29) is 21.4 Å². The van der Waals surface area contributed by atoms with E-state index in [1.807, 2.05) is 6.07 Å². The maximum atomic E-state index is 12.3. The van der Waals surface area contributed by atoms with Gasteiger partial charge in [0, 0.05) is 10.7 Å². The van der Waals surface area contributed by atoms with Crippen LogP contribution in [0.25, 0.3) is 6.08 Å². The van der Waals surface area contributed by atoms with Crippen LogP contribution in [0, 0.1) is 18.3 Å². The summed E-state index contributed by atoms with van der Waals surface area (Å²) in [6.07, 6.45) is 1.33. The van der Waals surface area contributed by atoms with Gasteiger partial charge in [-0.3, -0.25) is 4.79 Å². The van der Waals surface area contributed by atoms with Gasteiger partial charge in [0.2, 0.25) is 0 Å². The van der Waals surface area contributed by atoms with Crippen LogP contribution < -0.4 is 5.32 Å². The highest BCUT2D eigenvalue weighted by Crippen LogP contribution is 2.33. The summed E-state index contributed by atoms with van der Waals surface area (Å²) in [7, 11) is 0. The molecule has 2 aromatic rings. The fourth-order valence-electron chi connectivity index (χ4n) is 1.90. The van der Waals surface area contributed by atoms with Crippen LogP contribution in [-0.2, 0) is 4.79 Å². The molecule has 0 aromatic heterocycles. The molecule has 2 N–H and O–H groups in total. The van der Waals surface area contributed by atoms with E-state index >= 15 is 0 Å². The van der Waals surface area contributed by atoms with Crippen molar-refractivity contribution in [3.63, 3.8) is 0 Å². The summed E-state index contributed by atoms with van der Waals surface area (Å²) in [5.74, 6) is -0.851. The number of aryl methyl sites for hydroxylation is 1. The van der Waals surface area contributed by atoms with Crippen LogP contribution in [0.2, 0.25) is 15.1 Å². The average molecular weight is 382 g/mol. The molecule has 0 atom stereocenters. The van der Waals surface area contributed by atoms with Gasteiger partial charge < -0.3 is 10.4 Å². The van der Waals surface area contributed by atoms with Gasteiger partial charge in [0.1, 0.15) is 11.6 Å². The smallest absolute Gasteiger partial charge is 0.266 e. The Kier molecular flexibility index (Phi) is 5.74. The lowest BCUT2D eigenvalue weighted by molar-refractivity contribution is -0.112. The molecule has 2 aromatic carbocycles. The maximum absolute atomic E-state index is 12.3. The molecule has 2 rings (SSSR count). The Hall–Kier alpha value is -2.19. The zero-order valence-corrected chi connectivity index (χ0v) is 14.7. The summed E-state index contributed by atoms with van der Waals surface area (Å²) in [6.45, 7) is 1.81. The largest absolute Gasteiger partial charge is 0.505 e. The number of hydrogen-bond donors (Lipinski definition) is 2. The zero-order chi connectivity index (χ0) is 17.9. The van der Waals surface area contributed by atoms with Gasteiger partial charge in [-0.2, -0.15) is 5.26 Å². The summed E-state index contributed by atoms with van der Waals surface area (Å²) < 4.78 is 0. The number of hydrogen-bond acceptors (Lipinski definition) is 3. The van der Waals surface area contributed by atoms with Crippen molar-refractivity contribution in [2.24, 2.45) is 0 Å². The highest BCUT2D eigenvalue weighted by molar-refractivity contribution is 6.37. The lowest BCUT2D eigenvalue weighted by Gasteiger charge is -2.08. The quantitative estimate of drug-likeness (QED) is 0.566. The Morgan fingerprint density at radius 2 is 1.83 bits per heavy atom. The van der Waals surface area contributed by atoms with Gasteiger partial charge in [-0.05, 0) is 48.4 Å². The first-order chi connectivity index (χ1) is 11.3. The first-order valence-corrected chi connectivity index (χ1v) is 7.82. The van der Waals surface area contributed by atoms with Gasteiger partial charge in [0.15, 0.2) is 5.75 Å². The van der Waals surface area contributed by atoms with E-state index in [1.165, 1.54) is 18.2 Å². The van der Waals surface area contributed by atoms with Crippen molar-refractivity contribution < 1.29 is 9.90 Å². The molecule has 122 valence electrons. The predicted molar refractivity (Wildman–Crippen MR) is 96.5 cm³/mol. The molecule has 0 fully saturated rings. The van der Waals surface area contributed by atoms with Gasteiger partial charge in [0.05, 0.1) is 10.0 Å². The lowest BCUT2D eigenvalue weighted by atomic mass is 10.1. The number of nitrogens with zero attached hydrogens (tertiary/aromatic N) is 1. The summed E-state index contributed by atoms with van der Waals surface area (Å²) >= 11 is 17.6. The monoisotopic (exact) mass is 380 g/mol. The van der Waals surface area contributed by atoms with E-state index in [1.54, 1.807) is 25.1 Å². The van der Waals surface area contributed by atoms with Crippen molar-refractivity contribution in [2.75, 3.05) is 5.32 Å². The highest BCUT2D eigenvalue weighted by Gasteiger charge is 2.13. The van der Waals surface area contributed by atoms with Crippen LogP contribution in [0.15, 0.2) is 35.9 Å². The molecule has 0 spiro atoms. The number of nitrogens with one attached hydrogen (secondary N) is 1. The Labute approximate surface area is 153 Å². The summed E-state index contributed by atoms with van der Waals surface area (Å²) in [6, 6.07) is 9.68. The van der Waals surface area contributed by atoms with E-state index in [2.05, 4.69) is 5.32 Å². The van der Waals surface area contributed by atoms with Crippen molar-refractivity contribution in [2.45, 2.75) is 6.92 Å². The Balaban J connectivity index is 2.32. The second-order valence-electron chi connectivity index (χ2n) is 4.92. The normalized spacial score (nSPS) is 11.0. The van der Waals surface area contributed by atoms with E-state index in [4.69, 9.17) is 34.8 Å². The van der Waals surface area contributed by atoms with Gasteiger partial charge in [0.25, 0.3) is 5.91 Å². The zero-order valence-electron chi connectivity index (χ0n) is 12.4. The minimum Gasteiger partial charge on any atom is -0.505 e. The molecule has 0 radical (unpaired) electrons. The molecule has 0 aliphatic carbocycles. The molecule has 24 heavy (non-hydrogen) atoms. The van der Waals surface area contributed by atoms with Crippen LogP contribution in [0.5, 0.6) is 5.75 Å². The summed E-state index contributed by atoms with van der Waals surface area (Å²) in [4.78, 5) is 12.3. The summed E-state index contributed by atoms with van der Waals surface area (Å²) in [5, 5.41) is 21.9. The molecule has 0 aliphatic rings. The van der Waals surface area contributed by atoms with Crippen molar-refractivity contribution in [3.8, 4) is 11.8 Å². The molecular formula is C17H11Cl3N2O2. The first kappa shape index (κ1) is 18.2. The van der Waals surface area contributed by atoms with E-state index in [0.717, 1.165) is 5.56 Å². The Morgan fingerprint density at radius 3 is 2.42 bits per heavy atom. The van der Waals surface area contributed by atoms with Crippen molar-refractivity contribution in [1.29, 1.82) is 5.26 Å². The molecular weight excluding hydrogens is 371 g/mol. The molecule has 7 heteroatoms. The second-order valence-corrected chi connectivity index (χ2v) is 6.17. The van der Waals surface area contributed by atoms with Gasteiger partial charge in [-0.25, -0.2) is 0 Å². The third kappa shape index (κ3) is 4.21. The topological polar surface area (TPSA) is 73.1 Å². The van der Waals surface area contributed by atoms with Crippen LogP contribution in [0.4, 0.5) is 5.69 Å². The van der Waals surface area contributed by atoms with Crippen LogP contribution >= 0.6 is 34.8 Å². The third-order valence-corrected chi connectivity index (χ3v) is 3.97. The van der Waals surface area contributed by atoms with E-state index < -0.39 is 5.91 Å². The number of amides is 1. The SMILES string of the molecule is Cc1ccc(Cl)cc1NC(=O)/C(C#N)=C/c1cc(Cl)c(O)c(Cl)c1. The summed E-state index contributed by atoms with van der Waals surface area (Å²) in [5.41, 5.74) is 1.58. The average Bonchev–Trinajstić information content (AvgIpc) is 2.53. The number of anilines is 1. The minimum absolute atomic E-state index is 0.0251. The number of rotatable bonds is 3. The number of nitriles is 1. The number of phenolic OH excluding ortho intramolecular Hbond substituents is 1. The predicted octanol–water partition coefficient (Wildman–Crippen LogP) is 5.21. The van der Waals surface area contributed by atoms with Gasteiger partial charge in [-0.1, -0.05) is 40.9 Å². The number of aromatic hydroxyl groups is 1. The van der Waals surface area contributed by atoms with Crippen LogP contribution in [0.3, 0.4) is 0 Å². The van der Waals surface area contributed by atoms with Crippen molar-refractivity contribution >= 4 is 52.5 Å². The number of halogens is 3. The number of carbonyl (C=O) groups excluding carboxylic acids is 1. The third-order valence-electron chi connectivity index (χ3n) is 3.16. The standard InChI is InChI=1S/C17H11Cl3N2O2/c1-9-2-3-12(18)7-15(9)22-17(24)11(8-21)4-10-5-13(19)16(23)14(20)6-10/h2-7,23H,1H3,(H,22,24)/b11-4+. The van der Waals surface area contributed by atoms with Gasteiger partial charge >= 0.3 is 0 Å². The maximum Gasteiger partial charge on any atom is 0.266 e. The van der Waals surface area contributed by atoms with Crippen molar-refractivity contribution in [3.05, 3.63) is 62.1 Å². The fourth-order valence-corrected chi connectivity index (χ4v) is 2.58. The Bertz CT molecular complexity index is 863. The second kappa shape index (κ2) is 7.59. The Morgan fingerprint density at radius 1 is 1.21 bits per heavy atom. The molecule has 1 amide bonds. The van der Waals surface area contributed by atoms with Crippen molar-refractivity contribution in [1.82, 2.24) is 0 Å². The minimum atomic E-state index is -0.594. The van der Waals surface area contributed by atoms with Crippen LogP contribution in [-0.4, -0.2) is 11.0 Å².